The van der Waals surface area contributed by atoms with Crippen LogP contribution in [0, 0.1) is 11.7 Å². The third-order valence-corrected chi connectivity index (χ3v) is 5.00. The summed E-state index contributed by atoms with van der Waals surface area (Å²) in [6.07, 6.45) is 5.16. The molecule has 1 fully saturated rings. The summed E-state index contributed by atoms with van der Waals surface area (Å²) < 4.78 is 13.4. The number of nitrogens with one attached hydrogen (secondary N) is 1. The Bertz CT molecular complexity index is 876. The summed E-state index contributed by atoms with van der Waals surface area (Å²) in [5, 5.41) is 3.15. The molecule has 3 aromatic rings. The number of hydrogen-bond acceptors (Lipinski definition) is 4. The Labute approximate surface area is 159 Å². The summed E-state index contributed by atoms with van der Waals surface area (Å²) >= 11 is 0. The van der Waals surface area contributed by atoms with Gasteiger partial charge in [0.25, 0.3) is 0 Å². The number of nitrogens with zero attached hydrogens (tertiary/aromatic N) is 3. The van der Waals surface area contributed by atoms with E-state index < -0.39 is 0 Å². The van der Waals surface area contributed by atoms with E-state index in [1.807, 2.05) is 6.07 Å². The Morgan fingerprint density at radius 2 is 1.81 bits per heavy atom. The molecule has 0 atom stereocenters. The van der Waals surface area contributed by atoms with Gasteiger partial charge in [0.1, 0.15) is 11.6 Å². The van der Waals surface area contributed by atoms with Crippen molar-refractivity contribution in [3.05, 3.63) is 78.2 Å². The lowest BCUT2D eigenvalue weighted by Crippen LogP contribution is -2.35. The molecule has 2 aromatic carbocycles. The monoisotopic (exact) mass is 362 g/mol. The van der Waals surface area contributed by atoms with Crippen molar-refractivity contribution in [2.45, 2.75) is 19.3 Å². The maximum atomic E-state index is 13.4. The first-order valence-electron chi connectivity index (χ1n) is 9.41. The summed E-state index contributed by atoms with van der Waals surface area (Å²) in [6.45, 7) is 1.92. The summed E-state index contributed by atoms with van der Waals surface area (Å²) in [4.78, 5) is 11.3. The molecular formula is C22H23FN4. The molecule has 1 aromatic heterocycles. The zero-order valence-corrected chi connectivity index (χ0v) is 15.2. The Morgan fingerprint density at radius 3 is 2.59 bits per heavy atom. The van der Waals surface area contributed by atoms with Gasteiger partial charge in [-0.25, -0.2) is 9.37 Å². The topological polar surface area (TPSA) is 41.1 Å². The molecule has 4 rings (SSSR count). The first-order chi connectivity index (χ1) is 13.3. The fourth-order valence-electron chi connectivity index (χ4n) is 3.57. The molecule has 0 amide bonds. The smallest absolute Gasteiger partial charge is 0.227 e. The maximum absolute atomic E-state index is 13.4. The van der Waals surface area contributed by atoms with E-state index in [0.717, 1.165) is 38.3 Å². The van der Waals surface area contributed by atoms with Gasteiger partial charge in [0.15, 0.2) is 0 Å². The predicted octanol–water partition coefficient (Wildman–Crippen LogP) is 4.82. The minimum atomic E-state index is -0.269. The fraction of sp³-hybridized carbons (Fsp3) is 0.273. The summed E-state index contributed by atoms with van der Waals surface area (Å²) in [6, 6.07) is 18.9. The number of halogens is 1. The van der Waals surface area contributed by atoms with E-state index >= 15 is 0 Å². The average Bonchev–Trinajstić information content (AvgIpc) is 2.70. The zero-order chi connectivity index (χ0) is 18.5. The van der Waals surface area contributed by atoms with Crippen molar-refractivity contribution < 1.29 is 4.39 Å². The Morgan fingerprint density at radius 1 is 1.00 bits per heavy atom. The number of hydrogen-bond donors (Lipinski definition) is 1. The van der Waals surface area contributed by atoms with Crippen molar-refractivity contribution in [3.8, 4) is 0 Å². The third-order valence-electron chi connectivity index (χ3n) is 5.00. The molecule has 1 aliphatic heterocycles. The molecule has 0 spiro atoms. The van der Waals surface area contributed by atoms with Crippen molar-refractivity contribution in [1.29, 1.82) is 0 Å². The standard InChI is InChI=1S/C22H23FN4/c23-19-7-4-8-20(16-19)25-21-9-12-24-22(26-21)27-13-10-18(11-14-27)15-17-5-2-1-3-6-17/h1-9,12,16,18H,10-11,13-15H2,(H,24,25,26). The SMILES string of the molecule is Fc1cccc(Nc2ccnc(N3CCC(Cc4ccccc4)CC3)n2)c1. The van der Waals surface area contributed by atoms with E-state index in [2.05, 4.69) is 50.5 Å². The van der Waals surface area contributed by atoms with E-state index in [9.17, 15) is 4.39 Å². The van der Waals surface area contributed by atoms with E-state index in [1.54, 1.807) is 18.3 Å². The van der Waals surface area contributed by atoms with E-state index in [1.165, 1.54) is 17.7 Å². The molecule has 5 heteroatoms. The zero-order valence-electron chi connectivity index (χ0n) is 15.2. The van der Waals surface area contributed by atoms with E-state index in [-0.39, 0.29) is 5.82 Å². The average molecular weight is 362 g/mol. The van der Waals surface area contributed by atoms with Crippen molar-refractivity contribution >= 4 is 17.5 Å². The number of piperidine rings is 1. The van der Waals surface area contributed by atoms with Crippen molar-refractivity contribution in [1.82, 2.24) is 9.97 Å². The van der Waals surface area contributed by atoms with Crippen molar-refractivity contribution in [2.75, 3.05) is 23.3 Å². The summed E-state index contributed by atoms with van der Waals surface area (Å²) in [5.41, 5.74) is 2.09. The Kier molecular flexibility index (Phi) is 5.28. The lowest BCUT2D eigenvalue weighted by Gasteiger charge is -2.32. The molecule has 1 saturated heterocycles. The lowest BCUT2D eigenvalue weighted by molar-refractivity contribution is 0.400. The molecule has 1 aliphatic rings. The minimum absolute atomic E-state index is 0.269. The molecule has 4 nitrogen and oxygen atoms in total. The number of benzene rings is 2. The minimum Gasteiger partial charge on any atom is -0.341 e. The van der Waals surface area contributed by atoms with Crippen LogP contribution in [-0.2, 0) is 6.42 Å². The molecule has 27 heavy (non-hydrogen) atoms. The summed E-state index contributed by atoms with van der Waals surface area (Å²) in [7, 11) is 0. The second kappa shape index (κ2) is 8.16. The highest BCUT2D eigenvalue weighted by molar-refractivity contribution is 5.56. The molecule has 1 N–H and O–H groups in total. The molecule has 0 unspecified atom stereocenters. The molecule has 2 heterocycles. The normalized spacial score (nSPS) is 14.9. The van der Waals surface area contributed by atoms with Gasteiger partial charge in [-0.15, -0.1) is 0 Å². The molecule has 0 bridgehead atoms. The van der Waals surface area contributed by atoms with Crippen LogP contribution in [0.4, 0.5) is 21.8 Å². The van der Waals surface area contributed by atoms with Gasteiger partial charge < -0.3 is 10.2 Å². The van der Waals surface area contributed by atoms with Gasteiger partial charge in [-0.3, -0.25) is 0 Å². The molecule has 0 aliphatic carbocycles. The van der Waals surface area contributed by atoms with Gasteiger partial charge in [-0.05, 0) is 55.0 Å². The molecule has 138 valence electrons. The highest BCUT2D eigenvalue weighted by Gasteiger charge is 2.21. The van der Waals surface area contributed by atoms with Crippen molar-refractivity contribution in [3.63, 3.8) is 0 Å². The Balaban J connectivity index is 1.37. The van der Waals surface area contributed by atoms with E-state index in [4.69, 9.17) is 0 Å². The number of rotatable bonds is 5. The Hall–Kier alpha value is -2.95. The van der Waals surface area contributed by atoms with E-state index in [0.29, 0.717) is 17.4 Å². The highest BCUT2D eigenvalue weighted by atomic mass is 19.1. The van der Waals surface area contributed by atoms with Crippen LogP contribution in [0.25, 0.3) is 0 Å². The first kappa shape index (κ1) is 17.5. The van der Waals surface area contributed by atoms with Crippen LogP contribution in [-0.4, -0.2) is 23.1 Å². The molecule has 0 radical (unpaired) electrons. The number of aromatic nitrogens is 2. The van der Waals surface area contributed by atoms with Crippen LogP contribution in [0.3, 0.4) is 0 Å². The van der Waals surface area contributed by atoms with Crippen LogP contribution in [0.15, 0.2) is 66.9 Å². The lowest BCUT2D eigenvalue weighted by atomic mass is 9.90. The van der Waals surface area contributed by atoms with Crippen LogP contribution in [0.5, 0.6) is 0 Å². The van der Waals surface area contributed by atoms with Gasteiger partial charge in [-0.2, -0.15) is 4.98 Å². The van der Waals surface area contributed by atoms with Crippen LogP contribution in [0.1, 0.15) is 18.4 Å². The third kappa shape index (κ3) is 4.61. The second-order valence-corrected chi connectivity index (χ2v) is 7.00. The predicted molar refractivity (Wildman–Crippen MR) is 107 cm³/mol. The molecular weight excluding hydrogens is 339 g/mol. The van der Waals surface area contributed by atoms with Crippen molar-refractivity contribution in [2.24, 2.45) is 5.92 Å². The van der Waals surface area contributed by atoms with Gasteiger partial charge in [0.2, 0.25) is 5.95 Å². The maximum Gasteiger partial charge on any atom is 0.227 e. The molecule has 0 saturated carbocycles. The largest absolute Gasteiger partial charge is 0.341 e. The van der Waals surface area contributed by atoms with Gasteiger partial charge in [0, 0.05) is 25.0 Å². The van der Waals surface area contributed by atoms with Crippen LogP contribution < -0.4 is 10.2 Å². The fourth-order valence-corrected chi connectivity index (χ4v) is 3.57. The second-order valence-electron chi connectivity index (χ2n) is 7.00. The quantitative estimate of drug-likeness (QED) is 0.707. The number of anilines is 3. The van der Waals surface area contributed by atoms with Gasteiger partial charge >= 0.3 is 0 Å². The van der Waals surface area contributed by atoms with Gasteiger partial charge in [-0.1, -0.05) is 36.4 Å². The van der Waals surface area contributed by atoms with Gasteiger partial charge in [0.05, 0.1) is 0 Å². The first-order valence-corrected chi connectivity index (χ1v) is 9.41. The van der Waals surface area contributed by atoms with Crippen LogP contribution in [0.2, 0.25) is 0 Å². The van der Waals surface area contributed by atoms with Crippen LogP contribution >= 0.6 is 0 Å². The summed E-state index contributed by atoms with van der Waals surface area (Å²) in [5.74, 6) is 1.85. The highest BCUT2D eigenvalue weighted by Crippen LogP contribution is 2.25.